The van der Waals surface area contributed by atoms with E-state index in [1.165, 1.54) is 19.3 Å². The molecule has 0 aromatic carbocycles. The van der Waals surface area contributed by atoms with Crippen LogP contribution in [0.4, 0.5) is 5.82 Å². The predicted molar refractivity (Wildman–Crippen MR) is 71.8 cm³/mol. The number of halogens is 2. The summed E-state index contributed by atoms with van der Waals surface area (Å²) in [5, 5.41) is 0.670. The highest BCUT2D eigenvalue weighted by atomic mass is 35.5. The molecule has 2 aliphatic rings. The molecule has 2 atom stereocenters. The number of alkyl halides is 1. The number of nitrogens with zero attached hydrogens (tertiary/aromatic N) is 2. The van der Waals surface area contributed by atoms with Gasteiger partial charge in [0.15, 0.2) is 0 Å². The van der Waals surface area contributed by atoms with Crippen molar-refractivity contribution in [2.75, 3.05) is 18.0 Å². The molecule has 17 heavy (non-hydrogen) atoms. The zero-order chi connectivity index (χ0) is 11.8. The van der Waals surface area contributed by atoms with Crippen LogP contribution >= 0.6 is 23.2 Å². The summed E-state index contributed by atoms with van der Waals surface area (Å²) in [6.07, 6.45) is 4.18. The van der Waals surface area contributed by atoms with Crippen molar-refractivity contribution in [3.05, 3.63) is 22.8 Å². The average molecular weight is 271 g/mol. The zero-order valence-corrected chi connectivity index (χ0v) is 11.2. The lowest BCUT2D eigenvalue weighted by Crippen LogP contribution is -2.22. The van der Waals surface area contributed by atoms with Crippen LogP contribution in [0.2, 0.25) is 5.02 Å². The van der Waals surface area contributed by atoms with E-state index in [0.717, 1.165) is 36.4 Å². The summed E-state index contributed by atoms with van der Waals surface area (Å²) in [7, 11) is 0. The number of hydrogen-bond donors (Lipinski definition) is 0. The molecule has 92 valence electrons. The quantitative estimate of drug-likeness (QED) is 0.762. The first-order valence-electron chi connectivity index (χ1n) is 6.24. The first-order valence-corrected chi connectivity index (χ1v) is 7.15. The van der Waals surface area contributed by atoms with Crippen LogP contribution < -0.4 is 4.90 Å². The van der Waals surface area contributed by atoms with Crippen LogP contribution in [-0.4, -0.2) is 18.1 Å². The smallest absolute Gasteiger partial charge is 0.128 e. The van der Waals surface area contributed by atoms with Crippen molar-refractivity contribution in [3.8, 4) is 0 Å². The van der Waals surface area contributed by atoms with Crippen molar-refractivity contribution in [2.24, 2.45) is 11.8 Å². The fourth-order valence-corrected chi connectivity index (χ4v) is 3.61. The zero-order valence-electron chi connectivity index (χ0n) is 9.70. The second-order valence-electron chi connectivity index (χ2n) is 5.09. The van der Waals surface area contributed by atoms with Gasteiger partial charge in [-0.15, -0.1) is 11.6 Å². The number of rotatable bonds is 2. The number of hydrogen-bond acceptors (Lipinski definition) is 2. The molecular formula is C13H16Cl2N2. The van der Waals surface area contributed by atoms with Gasteiger partial charge in [-0.2, -0.15) is 0 Å². The molecule has 0 spiro atoms. The third kappa shape index (κ3) is 2.13. The summed E-state index contributed by atoms with van der Waals surface area (Å²) in [5.41, 5.74) is 0.794. The highest BCUT2D eigenvalue weighted by Gasteiger charge is 2.36. The first kappa shape index (κ1) is 11.6. The Bertz CT molecular complexity index is 410. The van der Waals surface area contributed by atoms with Crippen molar-refractivity contribution in [3.63, 3.8) is 0 Å². The summed E-state index contributed by atoms with van der Waals surface area (Å²) < 4.78 is 0. The van der Waals surface area contributed by atoms with Crippen LogP contribution in [-0.2, 0) is 5.88 Å². The molecule has 0 N–H and O–H groups in total. The summed E-state index contributed by atoms with van der Waals surface area (Å²) in [5.74, 6) is 3.19. The van der Waals surface area contributed by atoms with E-state index in [9.17, 15) is 0 Å². The number of pyridine rings is 1. The Morgan fingerprint density at radius 2 is 1.94 bits per heavy atom. The fourth-order valence-electron chi connectivity index (χ4n) is 3.16. The van der Waals surface area contributed by atoms with E-state index < -0.39 is 0 Å². The Hall–Kier alpha value is -0.470. The second-order valence-corrected chi connectivity index (χ2v) is 5.76. The summed E-state index contributed by atoms with van der Waals surface area (Å²) in [6, 6.07) is 3.93. The Labute approximate surface area is 112 Å². The minimum atomic E-state index is 0.382. The van der Waals surface area contributed by atoms with E-state index in [1.54, 1.807) is 0 Å². The van der Waals surface area contributed by atoms with Gasteiger partial charge in [-0.05, 0) is 36.8 Å². The molecule has 1 aliphatic carbocycles. The highest BCUT2D eigenvalue weighted by Crippen LogP contribution is 2.39. The molecular weight excluding hydrogens is 255 g/mol. The highest BCUT2D eigenvalue weighted by molar-refractivity contribution is 6.32. The van der Waals surface area contributed by atoms with Gasteiger partial charge in [0.1, 0.15) is 5.82 Å². The number of anilines is 1. The van der Waals surface area contributed by atoms with Crippen LogP contribution in [0.15, 0.2) is 12.1 Å². The monoisotopic (exact) mass is 270 g/mol. The fraction of sp³-hybridized carbons (Fsp3) is 0.615. The molecule has 0 bridgehead atoms. The molecule has 0 radical (unpaired) electrons. The summed E-state index contributed by atoms with van der Waals surface area (Å²) >= 11 is 11.9. The molecule has 4 heteroatoms. The van der Waals surface area contributed by atoms with Crippen molar-refractivity contribution in [2.45, 2.75) is 25.1 Å². The number of aromatic nitrogens is 1. The third-order valence-electron chi connectivity index (χ3n) is 4.08. The van der Waals surface area contributed by atoms with E-state index in [1.807, 2.05) is 12.1 Å². The minimum Gasteiger partial charge on any atom is -0.356 e. The van der Waals surface area contributed by atoms with Gasteiger partial charge in [0, 0.05) is 13.1 Å². The maximum absolute atomic E-state index is 6.03. The van der Waals surface area contributed by atoms with Gasteiger partial charge in [-0.1, -0.05) is 18.0 Å². The van der Waals surface area contributed by atoms with Gasteiger partial charge in [0.2, 0.25) is 0 Å². The van der Waals surface area contributed by atoms with Crippen LogP contribution in [0.25, 0.3) is 0 Å². The molecule has 1 aromatic rings. The van der Waals surface area contributed by atoms with E-state index >= 15 is 0 Å². The standard InChI is InChI=1S/C13H16Cl2N2/c14-6-12-11(15)4-5-13(16-12)17-7-9-2-1-3-10(9)8-17/h4-5,9-10H,1-3,6-8H2. The molecule has 1 aromatic heterocycles. The molecule has 1 aliphatic heterocycles. The second kappa shape index (κ2) is 4.66. The van der Waals surface area contributed by atoms with Gasteiger partial charge in [-0.3, -0.25) is 0 Å². The van der Waals surface area contributed by atoms with E-state index in [4.69, 9.17) is 23.2 Å². The SMILES string of the molecule is ClCc1nc(N2CC3CCCC3C2)ccc1Cl. The van der Waals surface area contributed by atoms with Crippen molar-refractivity contribution >= 4 is 29.0 Å². The molecule has 2 heterocycles. The van der Waals surface area contributed by atoms with Gasteiger partial charge >= 0.3 is 0 Å². The van der Waals surface area contributed by atoms with Crippen molar-refractivity contribution in [1.82, 2.24) is 4.98 Å². The normalized spacial score (nSPS) is 27.5. The Balaban J connectivity index is 1.81. The first-order chi connectivity index (χ1) is 8.28. The molecule has 3 rings (SSSR count). The Kier molecular flexibility index (Phi) is 3.18. The summed E-state index contributed by atoms with van der Waals surface area (Å²) in [6.45, 7) is 2.31. The third-order valence-corrected chi connectivity index (χ3v) is 4.68. The lowest BCUT2D eigenvalue weighted by Gasteiger charge is -2.19. The lowest BCUT2D eigenvalue weighted by atomic mass is 10.0. The van der Waals surface area contributed by atoms with Gasteiger partial charge in [0.05, 0.1) is 16.6 Å². The van der Waals surface area contributed by atoms with E-state index in [2.05, 4.69) is 9.88 Å². The Morgan fingerprint density at radius 3 is 2.59 bits per heavy atom. The molecule has 0 amide bonds. The Morgan fingerprint density at radius 1 is 1.24 bits per heavy atom. The van der Waals surface area contributed by atoms with Crippen LogP contribution in [0.3, 0.4) is 0 Å². The maximum atomic E-state index is 6.03. The van der Waals surface area contributed by atoms with E-state index in [0.29, 0.717) is 10.9 Å². The van der Waals surface area contributed by atoms with Gasteiger partial charge < -0.3 is 4.90 Å². The van der Waals surface area contributed by atoms with Crippen molar-refractivity contribution < 1.29 is 0 Å². The van der Waals surface area contributed by atoms with Crippen LogP contribution in [0.5, 0.6) is 0 Å². The van der Waals surface area contributed by atoms with E-state index in [-0.39, 0.29) is 0 Å². The molecule has 2 fully saturated rings. The lowest BCUT2D eigenvalue weighted by molar-refractivity contribution is 0.494. The largest absolute Gasteiger partial charge is 0.356 e. The molecule has 2 unspecified atom stereocenters. The number of fused-ring (bicyclic) bond motifs is 1. The van der Waals surface area contributed by atoms with Gasteiger partial charge in [0.25, 0.3) is 0 Å². The summed E-state index contributed by atoms with van der Waals surface area (Å²) in [4.78, 5) is 6.95. The average Bonchev–Trinajstić information content (AvgIpc) is 2.90. The van der Waals surface area contributed by atoms with Crippen molar-refractivity contribution in [1.29, 1.82) is 0 Å². The maximum Gasteiger partial charge on any atom is 0.128 e. The molecule has 1 saturated carbocycles. The van der Waals surface area contributed by atoms with Crippen LogP contribution in [0, 0.1) is 11.8 Å². The molecule has 2 nitrogen and oxygen atoms in total. The van der Waals surface area contributed by atoms with Gasteiger partial charge in [-0.25, -0.2) is 4.98 Å². The van der Waals surface area contributed by atoms with Crippen LogP contribution in [0.1, 0.15) is 25.0 Å². The predicted octanol–water partition coefficient (Wildman–Crippen LogP) is 3.71. The molecule has 1 saturated heterocycles. The topological polar surface area (TPSA) is 16.1 Å². The minimum absolute atomic E-state index is 0.382.